The number of allylic oxidation sites excluding steroid dienone is 2. The van der Waals surface area contributed by atoms with E-state index in [-0.39, 0.29) is 5.78 Å². The van der Waals surface area contributed by atoms with Crippen LogP contribution in [-0.4, -0.2) is 71.2 Å². The van der Waals surface area contributed by atoms with Crippen molar-refractivity contribution >= 4 is 11.9 Å². The molecule has 1 amide bonds. The van der Waals surface area contributed by atoms with Crippen molar-refractivity contribution in [1.29, 1.82) is 0 Å². The smallest absolute Gasteiger partial charge is 0.409 e. The Morgan fingerprint density at radius 1 is 1.12 bits per heavy atom. The molecule has 0 radical (unpaired) electrons. The van der Waals surface area contributed by atoms with Crippen molar-refractivity contribution in [3.63, 3.8) is 0 Å². The highest BCUT2D eigenvalue weighted by molar-refractivity contribution is 6.01. The maximum absolute atomic E-state index is 12.8. The summed E-state index contributed by atoms with van der Waals surface area (Å²) in [5.74, 6) is 7.09. The van der Waals surface area contributed by atoms with Gasteiger partial charge in [-0.2, -0.15) is 0 Å². The molecular weight excluding hydrogens is 438 g/mol. The number of ketones is 1. The Labute approximate surface area is 202 Å². The normalized spacial score (nSPS) is 17.5. The highest BCUT2D eigenvalue weighted by atomic mass is 16.7. The number of carbonyl (C=O) groups excluding carboxylic acids is 2. The van der Waals surface area contributed by atoms with Crippen LogP contribution in [-0.2, 0) is 24.4 Å². The topological polar surface area (TPSA) is 83.5 Å². The Kier molecular flexibility index (Phi) is 10.4. The predicted octanol–water partition coefficient (Wildman–Crippen LogP) is 3.72. The minimum atomic E-state index is -0.702. The van der Waals surface area contributed by atoms with Gasteiger partial charge in [0.05, 0.1) is 26.9 Å². The molecule has 0 N–H and O–H groups in total. The molecule has 0 saturated carbocycles. The fraction of sp³-hybridized carbons (Fsp3) is 0.538. The first-order valence-corrected chi connectivity index (χ1v) is 11.4. The van der Waals surface area contributed by atoms with E-state index in [0.717, 1.165) is 5.56 Å². The van der Waals surface area contributed by atoms with E-state index in [4.69, 9.17) is 23.7 Å². The number of benzene rings is 1. The van der Waals surface area contributed by atoms with E-state index in [1.807, 2.05) is 38.1 Å². The number of rotatable bonds is 10. The number of carbonyl (C=O) groups is 2. The average molecular weight is 474 g/mol. The maximum atomic E-state index is 12.8. The summed E-state index contributed by atoms with van der Waals surface area (Å²) in [5, 5.41) is 0. The van der Waals surface area contributed by atoms with Gasteiger partial charge in [0.2, 0.25) is 6.29 Å². The highest BCUT2D eigenvalue weighted by Gasteiger charge is 2.36. The third kappa shape index (κ3) is 6.75. The predicted molar refractivity (Wildman–Crippen MR) is 128 cm³/mol. The van der Waals surface area contributed by atoms with Crippen molar-refractivity contribution in [2.45, 2.75) is 44.8 Å². The van der Waals surface area contributed by atoms with Crippen LogP contribution in [0.1, 0.15) is 38.7 Å². The van der Waals surface area contributed by atoms with Crippen molar-refractivity contribution in [3.05, 3.63) is 35.4 Å². The molecule has 186 valence electrons. The molecular formula is C26H35NO7. The summed E-state index contributed by atoms with van der Waals surface area (Å²) in [5.41, 5.74) is 0.805. The number of Topliss-reactive ketones (excluding diaryl/α,β-unsaturated/α-hetero) is 1. The number of hydrogen-bond donors (Lipinski definition) is 0. The van der Waals surface area contributed by atoms with Crippen molar-refractivity contribution in [3.8, 4) is 23.3 Å². The summed E-state index contributed by atoms with van der Waals surface area (Å²) in [6.07, 6.45) is 2.24. The Morgan fingerprint density at radius 3 is 2.38 bits per heavy atom. The van der Waals surface area contributed by atoms with Crippen LogP contribution < -0.4 is 9.47 Å². The maximum Gasteiger partial charge on any atom is 0.409 e. The van der Waals surface area contributed by atoms with Crippen LogP contribution >= 0.6 is 0 Å². The fourth-order valence-corrected chi connectivity index (χ4v) is 3.91. The Balaban J connectivity index is 2.53. The van der Waals surface area contributed by atoms with Crippen LogP contribution in [0.15, 0.2) is 29.8 Å². The SMILES string of the molecule is CCOC(C#CC1=C[C@@](CCN(C)C(=O)OC)(c2ccc(OC)c(OC)c2)CCC1=O)OCC. The lowest BCUT2D eigenvalue weighted by atomic mass is 9.69. The molecule has 1 aliphatic carbocycles. The molecule has 0 aliphatic heterocycles. The van der Waals surface area contributed by atoms with Crippen molar-refractivity contribution in [2.24, 2.45) is 0 Å². The molecule has 0 aromatic heterocycles. The van der Waals surface area contributed by atoms with Gasteiger partial charge in [-0.25, -0.2) is 4.79 Å². The third-order valence-corrected chi connectivity index (χ3v) is 5.82. The summed E-state index contributed by atoms with van der Waals surface area (Å²) in [4.78, 5) is 26.3. The van der Waals surface area contributed by atoms with Crippen molar-refractivity contribution in [2.75, 3.05) is 48.1 Å². The van der Waals surface area contributed by atoms with E-state index in [0.29, 0.717) is 56.1 Å². The summed E-state index contributed by atoms with van der Waals surface area (Å²) >= 11 is 0. The molecule has 0 bridgehead atoms. The number of amides is 1. The van der Waals surface area contributed by atoms with Gasteiger partial charge in [0.1, 0.15) is 0 Å². The summed E-state index contributed by atoms with van der Waals surface area (Å²) in [7, 11) is 6.20. The minimum Gasteiger partial charge on any atom is -0.493 e. The van der Waals surface area contributed by atoms with Crippen molar-refractivity contribution in [1.82, 2.24) is 4.90 Å². The van der Waals surface area contributed by atoms with E-state index < -0.39 is 17.8 Å². The molecule has 0 fully saturated rings. The van der Waals surface area contributed by atoms with E-state index in [2.05, 4.69) is 11.8 Å². The molecule has 8 nitrogen and oxygen atoms in total. The quantitative estimate of drug-likeness (QED) is 0.378. The molecule has 0 saturated heterocycles. The van der Waals surface area contributed by atoms with Crippen molar-refractivity contribution < 1.29 is 33.3 Å². The van der Waals surface area contributed by atoms with Gasteiger partial charge in [-0.05, 0) is 50.3 Å². The van der Waals surface area contributed by atoms with E-state index in [1.165, 1.54) is 12.0 Å². The zero-order valence-corrected chi connectivity index (χ0v) is 20.9. The summed E-state index contributed by atoms with van der Waals surface area (Å²) < 4.78 is 26.7. The Morgan fingerprint density at radius 2 is 1.79 bits per heavy atom. The molecule has 34 heavy (non-hydrogen) atoms. The second-order valence-corrected chi connectivity index (χ2v) is 7.86. The first kappa shape index (κ1) is 27.2. The largest absolute Gasteiger partial charge is 0.493 e. The second-order valence-electron chi connectivity index (χ2n) is 7.86. The number of nitrogens with zero attached hydrogens (tertiary/aromatic N) is 1. The monoisotopic (exact) mass is 473 g/mol. The second kappa shape index (κ2) is 13.0. The molecule has 1 aromatic carbocycles. The molecule has 1 atom stereocenters. The number of ether oxygens (including phenoxy) is 5. The van der Waals surface area contributed by atoms with Gasteiger partial charge in [-0.1, -0.05) is 18.1 Å². The Bertz CT molecular complexity index is 940. The molecule has 2 rings (SSSR count). The molecule has 8 heteroatoms. The lowest BCUT2D eigenvalue weighted by molar-refractivity contribution is -0.116. The van der Waals surface area contributed by atoms with Crippen LogP contribution in [0.4, 0.5) is 4.79 Å². The van der Waals surface area contributed by atoms with Gasteiger partial charge < -0.3 is 28.6 Å². The molecule has 0 spiro atoms. The van der Waals surface area contributed by atoms with Crippen LogP contribution in [0, 0.1) is 11.8 Å². The molecule has 0 heterocycles. The highest BCUT2D eigenvalue weighted by Crippen LogP contribution is 2.42. The average Bonchev–Trinajstić information content (AvgIpc) is 2.86. The first-order chi connectivity index (χ1) is 16.3. The molecule has 1 aliphatic rings. The van der Waals surface area contributed by atoms with Gasteiger partial charge in [-0.3, -0.25) is 4.79 Å². The standard InChI is InChI=1S/C26H35NO7/c1-7-33-24(34-8-2)12-9-19-18-26(14-13-21(19)28,15-16-27(3)25(29)32-6)20-10-11-22(30-4)23(17-20)31-5/h10-11,17-18,24H,7-8,13-16H2,1-6H3/t26-/m1/s1. The van der Waals surface area contributed by atoms with Crippen LogP contribution in [0.5, 0.6) is 11.5 Å². The van der Waals surface area contributed by atoms with E-state index in [9.17, 15) is 9.59 Å². The van der Waals surface area contributed by atoms with Gasteiger partial charge in [-0.15, -0.1) is 0 Å². The van der Waals surface area contributed by atoms with Crippen LogP contribution in [0.2, 0.25) is 0 Å². The lowest BCUT2D eigenvalue weighted by Crippen LogP contribution is -2.36. The van der Waals surface area contributed by atoms with Crippen LogP contribution in [0.25, 0.3) is 0 Å². The third-order valence-electron chi connectivity index (χ3n) is 5.82. The van der Waals surface area contributed by atoms with Gasteiger partial charge in [0.25, 0.3) is 0 Å². The lowest BCUT2D eigenvalue weighted by Gasteiger charge is -2.36. The summed E-state index contributed by atoms with van der Waals surface area (Å²) in [6, 6.07) is 5.72. The fourth-order valence-electron chi connectivity index (χ4n) is 3.91. The van der Waals surface area contributed by atoms with Gasteiger partial charge in [0.15, 0.2) is 17.3 Å². The van der Waals surface area contributed by atoms with E-state index in [1.54, 1.807) is 21.3 Å². The number of hydrogen-bond acceptors (Lipinski definition) is 7. The van der Waals surface area contributed by atoms with Gasteiger partial charge >= 0.3 is 6.09 Å². The molecule has 0 unspecified atom stereocenters. The zero-order chi connectivity index (χ0) is 25.1. The Hall–Kier alpha value is -3.02. The first-order valence-electron chi connectivity index (χ1n) is 11.4. The molecule has 1 aromatic rings. The van der Waals surface area contributed by atoms with E-state index >= 15 is 0 Å². The zero-order valence-electron chi connectivity index (χ0n) is 20.9. The summed E-state index contributed by atoms with van der Waals surface area (Å²) in [6.45, 7) is 5.04. The van der Waals surface area contributed by atoms with Crippen LogP contribution in [0.3, 0.4) is 0 Å². The number of methoxy groups -OCH3 is 3. The van der Waals surface area contributed by atoms with Gasteiger partial charge in [0, 0.05) is 38.6 Å². The minimum absolute atomic E-state index is 0.0309.